The van der Waals surface area contributed by atoms with Crippen LogP contribution in [0.4, 0.5) is 25.8 Å². The van der Waals surface area contributed by atoms with Crippen LogP contribution in [0.15, 0.2) is 85.0 Å². The number of carbonyl (C=O) groups is 4. The van der Waals surface area contributed by atoms with Crippen molar-refractivity contribution in [1.82, 2.24) is 6.14 Å². The van der Waals surface area contributed by atoms with Gasteiger partial charge in [0.2, 0.25) is 0 Å². The first-order valence-electron chi connectivity index (χ1n) is 13.9. The zero-order valence-corrected chi connectivity index (χ0v) is 34.2. The Labute approximate surface area is 338 Å². The predicted molar refractivity (Wildman–Crippen MR) is 181 cm³/mol. The number of carboxylic acid groups (broad SMARTS) is 1. The van der Waals surface area contributed by atoms with Crippen molar-refractivity contribution in [3.05, 3.63) is 96.1 Å². The van der Waals surface area contributed by atoms with Crippen LogP contribution in [0, 0.1) is 5.41 Å². The second-order valence-corrected chi connectivity index (χ2v) is 9.84. The van der Waals surface area contributed by atoms with E-state index in [0.29, 0.717) is 11.4 Å². The van der Waals surface area contributed by atoms with E-state index in [1.165, 1.54) is 0 Å². The van der Waals surface area contributed by atoms with Gasteiger partial charge in [-0.2, -0.15) is 9.59 Å². The number of benzene rings is 2. The van der Waals surface area contributed by atoms with Crippen molar-refractivity contribution in [1.29, 1.82) is 5.41 Å². The minimum absolute atomic E-state index is 0. The second-order valence-electron chi connectivity index (χ2n) is 8.82. The van der Waals surface area contributed by atoms with Gasteiger partial charge >= 0.3 is 24.0 Å². The van der Waals surface area contributed by atoms with Crippen LogP contribution in [0.25, 0.3) is 0 Å². The van der Waals surface area contributed by atoms with E-state index in [-0.39, 0.29) is 90.3 Å². The number of allylic oxidation sites excluding steroid dienone is 5. The molecule has 2 unspecified atom stereocenters. The molecule has 0 aliphatic heterocycles. The van der Waals surface area contributed by atoms with Crippen LogP contribution < -0.4 is 28.6 Å². The summed E-state index contributed by atoms with van der Waals surface area (Å²) in [4.78, 5) is 57.8. The normalized spacial score (nSPS) is 10.6. The molecule has 0 aromatic heterocycles. The van der Waals surface area contributed by atoms with Crippen LogP contribution in [0.5, 0.6) is 0 Å². The van der Waals surface area contributed by atoms with Crippen molar-refractivity contribution in [2.75, 3.05) is 11.1 Å². The fourth-order valence-electron chi connectivity index (χ4n) is 2.52. The fourth-order valence-corrected chi connectivity index (χ4v) is 2.60. The van der Waals surface area contributed by atoms with Crippen LogP contribution in [0.2, 0.25) is 4.24 Å². The summed E-state index contributed by atoms with van der Waals surface area (Å²) < 4.78 is 27.7. The summed E-state index contributed by atoms with van der Waals surface area (Å²) in [7, 11) is 3.73. The molecule has 48 heavy (non-hydrogen) atoms. The van der Waals surface area contributed by atoms with Crippen LogP contribution in [-0.4, -0.2) is 45.9 Å². The van der Waals surface area contributed by atoms with Gasteiger partial charge in [0, 0.05) is 76.8 Å². The number of hydrogen-bond acceptors (Lipinski definition) is 12. The number of ether oxygens (including phenoxy) is 2. The summed E-state index contributed by atoms with van der Waals surface area (Å²) in [6, 6.07) is 14.1. The Balaban J connectivity index is -0.000000191. The molecule has 12 N–H and O–H groups in total. The van der Waals surface area contributed by atoms with Gasteiger partial charge in [-0.15, -0.1) is 0 Å². The molecule has 256 valence electrons. The van der Waals surface area contributed by atoms with Gasteiger partial charge < -0.3 is 48.6 Å². The van der Waals surface area contributed by atoms with Crippen LogP contribution in [0.3, 0.4) is 0 Å². The number of anilines is 2. The molecule has 0 fully saturated rings. The third kappa shape index (κ3) is 32.9. The SMILES string of the molecule is C=C1C=CC(=N)C=C1.O=C(O)P.O=C=O.[2H]N.[2H]NC(=O)OCc1ccc(N)cc1.[2H]NC(=O)OCc1ccc(NC(C)(C)C(=O)P)cc1.[Y].[Y]. The number of hydrogen-bond donors (Lipinski definition) is 7. The van der Waals surface area contributed by atoms with E-state index in [1.807, 2.05) is 12.2 Å². The van der Waals surface area contributed by atoms with Crippen molar-refractivity contribution < 1.29 is 113 Å². The maximum atomic E-state index is 11.4. The molecule has 15 nitrogen and oxygen atoms in total. The molecule has 2 amide bonds. The Hall–Kier alpha value is -2.98. The van der Waals surface area contributed by atoms with Gasteiger partial charge in [0.1, 0.15) is 14.6 Å². The van der Waals surface area contributed by atoms with E-state index in [4.69, 9.17) is 39.6 Å². The van der Waals surface area contributed by atoms with Gasteiger partial charge in [-0.25, -0.2) is 14.4 Å². The molecule has 2 aromatic rings. The Morgan fingerprint density at radius 3 is 1.58 bits per heavy atom. The molecule has 1 aliphatic carbocycles. The number of nitrogen functional groups attached to an aromatic ring is 1. The van der Waals surface area contributed by atoms with Gasteiger partial charge in [0.05, 0.1) is 11.3 Å². The summed E-state index contributed by atoms with van der Waals surface area (Å²) in [5, 5.41) is 17.5. The summed E-state index contributed by atoms with van der Waals surface area (Å²) in [5.74, 6) is 0. The largest absolute Gasteiger partial charge is 0.479 e. The zero-order valence-electron chi connectivity index (χ0n) is 29.2. The van der Waals surface area contributed by atoms with Crippen molar-refractivity contribution in [3.63, 3.8) is 0 Å². The van der Waals surface area contributed by atoms with Crippen LogP contribution in [-0.2, 0) is 102 Å². The smallest absolute Gasteiger partial charge is 0.404 e. The maximum Gasteiger partial charge on any atom is 0.404 e. The molecular formula is C29H40N6O9P2Y2. The van der Waals surface area contributed by atoms with Crippen molar-refractivity contribution in [2.24, 2.45) is 11.5 Å². The molecule has 19 heteroatoms. The topological polar surface area (TPSA) is 290 Å². The van der Waals surface area contributed by atoms with Gasteiger partial charge in [0.15, 0.2) is 8.35 Å². The summed E-state index contributed by atoms with van der Waals surface area (Å²) >= 11 is 0. The summed E-state index contributed by atoms with van der Waals surface area (Å²) in [5.41, 5.74) is 11.7. The Kier molecular flexibility index (Phi) is 30.7. The molecule has 2 atom stereocenters. The van der Waals surface area contributed by atoms with Gasteiger partial charge in [0.25, 0.3) is 0 Å². The first-order chi connectivity index (χ1) is 23.0. The minimum Gasteiger partial charge on any atom is -0.479 e. The number of rotatable bonds is 7. The zero-order chi connectivity index (χ0) is 38.4. The molecule has 0 bridgehead atoms. The Bertz CT molecular complexity index is 1410. The molecule has 0 saturated heterocycles. The number of primary amides is 2. The van der Waals surface area contributed by atoms with Crippen molar-refractivity contribution >= 4 is 65.1 Å². The molecule has 1 aliphatic rings. The van der Waals surface area contributed by atoms with Crippen LogP contribution >= 0.6 is 18.5 Å². The first kappa shape index (κ1) is 47.1. The van der Waals surface area contributed by atoms with E-state index >= 15 is 0 Å². The molecule has 0 spiro atoms. The van der Waals surface area contributed by atoms with Crippen molar-refractivity contribution in [2.45, 2.75) is 32.6 Å². The Morgan fingerprint density at radius 1 is 0.917 bits per heavy atom. The van der Waals surface area contributed by atoms with E-state index < -0.39 is 23.4 Å². The monoisotopic (exact) mass is 859 g/mol. The number of amides is 2. The van der Waals surface area contributed by atoms with E-state index in [0.717, 1.165) is 22.4 Å². The standard InChI is InChI=1S/C12H17N2O3P.C8H10N2O2.C7H7N.CH3O2P.CO2.H3N.2Y/c1-12(2,10(15)18)14-9-5-3-8(4-6-9)7-17-11(13)16;9-7-3-1-6(2-4-7)5-12-8(10)11;1-6-2-4-7(8)5-3-6;2-1(3)4;2-1-3;;;/h3-6,14H,7,18H2,1-2H3,(H2,13,16);1-4H,5,9H2,(H2,10,11);2-5,8H,1H2;4H2,(H,2,3);;1H3;;/i/hD3. The van der Waals surface area contributed by atoms with Gasteiger partial charge in [-0.05, 0) is 76.2 Å². The average molecular weight is 859 g/mol. The molecule has 2 radical (unpaired) electrons. The van der Waals surface area contributed by atoms with Crippen LogP contribution in [0.1, 0.15) is 25.0 Å². The molecule has 2 aromatic carbocycles. The van der Waals surface area contributed by atoms with E-state index in [2.05, 4.69) is 32.0 Å². The third-order valence-corrected chi connectivity index (χ3v) is 5.42. The predicted octanol–water partition coefficient (Wildman–Crippen LogP) is 4.54. The third-order valence-electron chi connectivity index (χ3n) is 4.70. The maximum absolute atomic E-state index is 11.4. The number of carbonyl (C=O) groups excluding carboxylic acids is 5. The molecule has 3 rings (SSSR count). The summed E-state index contributed by atoms with van der Waals surface area (Å²) in [6.07, 6.45) is 9.53. The van der Waals surface area contributed by atoms with E-state index in [1.54, 1.807) is 95.2 Å². The quantitative estimate of drug-likeness (QED) is 0.149. The van der Waals surface area contributed by atoms with Crippen molar-refractivity contribution in [3.8, 4) is 0 Å². The molecular weight excluding hydrogens is 816 g/mol. The van der Waals surface area contributed by atoms with Gasteiger partial charge in [-0.3, -0.25) is 4.79 Å². The number of nitrogens with one attached hydrogen (secondary N) is 2. The second kappa shape index (κ2) is 31.3. The number of nitrogens with two attached hydrogens (primary N) is 3. The Morgan fingerprint density at radius 2 is 1.27 bits per heavy atom. The fraction of sp³-hybridized carbons (Fsp3) is 0.172. The first-order valence-corrected chi connectivity index (χ1v) is 13.5. The van der Waals surface area contributed by atoms with Gasteiger partial charge in [-0.1, -0.05) is 52.2 Å². The average Bonchev–Trinajstić information content (AvgIpc) is 3.06. The summed E-state index contributed by atoms with van der Waals surface area (Å²) in [6.45, 7) is 7.50. The molecule has 0 heterocycles. The van der Waals surface area contributed by atoms with E-state index in [9.17, 15) is 14.4 Å². The minimum atomic E-state index is -0.917. The molecule has 0 saturated carbocycles.